The van der Waals surface area contributed by atoms with Crippen molar-refractivity contribution in [3.8, 4) is 45.3 Å². The molecule has 0 saturated heterocycles. The first-order valence-electron chi connectivity index (χ1n) is 16.4. The van der Waals surface area contributed by atoms with Crippen LogP contribution in [0.3, 0.4) is 0 Å². The second-order valence-corrected chi connectivity index (χ2v) is 14.6. The molecule has 0 atom stereocenters. The minimum absolute atomic E-state index is 0.239. The molecule has 0 amide bonds. The van der Waals surface area contributed by atoms with Gasteiger partial charge in [-0.3, -0.25) is 0 Å². The van der Waals surface area contributed by atoms with Crippen molar-refractivity contribution in [3.63, 3.8) is 0 Å². The smallest absolute Gasteiger partial charge is 0.0617 e. The third kappa shape index (κ3) is 4.69. The Balaban J connectivity index is 1.20. The van der Waals surface area contributed by atoms with E-state index in [9.17, 15) is 0 Å². The fourth-order valence-electron chi connectivity index (χ4n) is 7.15. The Hall–Kier alpha value is -5.93. The molecule has 10 aromatic rings. The summed E-state index contributed by atoms with van der Waals surface area (Å²) >= 11 is 0.239. The summed E-state index contributed by atoms with van der Waals surface area (Å²) in [5, 5.41) is 10.4. The van der Waals surface area contributed by atoms with Gasteiger partial charge in [-0.15, -0.1) is 0 Å². The molecule has 0 bridgehead atoms. The Labute approximate surface area is 288 Å². The summed E-state index contributed by atoms with van der Waals surface area (Å²) in [4.78, 5) is 15.2. The molecule has 0 unspecified atom stereocenters. The van der Waals surface area contributed by atoms with Gasteiger partial charge in [0.05, 0.1) is 0 Å². The molecule has 0 radical (unpaired) electrons. The van der Waals surface area contributed by atoms with Crippen molar-refractivity contribution in [1.29, 1.82) is 0 Å². The van der Waals surface area contributed by atoms with Crippen molar-refractivity contribution < 1.29 is 0 Å². The minimum atomic E-state index is 0.239. The van der Waals surface area contributed by atoms with Crippen LogP contribution in [0.5, 0.6) is 0 Å². The van der Waals surface area contributed by atoms with Crippen molar-refractivity contribution in [2.24, 2.45) is 0 Å². The van der Waals surface area contributed by atoms with Crippen molar-refractivity contribution >= 4 is 66.1 Å². The van der Waals surface area contributed by atoms with Gasteiger partial charge < -0.3 is 0 Å². The zero-order valence-corrected chi connectivity index (χ0v) is 28.1. The maximum absolute atomic E-state index is 5.12. The number of nitrogens with zero attached hydrogens (tertiary/aromatic N) is 3. The molecule has 0 aliphatic rings. The molecule has 8 aromatic carbocycles. The van der Waals surface area contributed by atoms with Gasteiger partial charge in [0.15, 0.2) is 0 Å². The molecule has 0 spiro atoms. The van der Waals surface area contributed by atoms with Gasteiger partial charge in [-0.2, -0.15) is 0 Å². The summed E-state index contributed by atoms with van der Waals surface area (Å²) in [6, 6.07) is 58.2. The molecule has 2 heterocycles. The maximum atomic E-state index is 5.12. The number of aromatic nitrogens is 3. The zero-order valence-electron chi connectivity index (χ0n) is 26.3. The summed E-state index contributed by atoms with van der Waals surface area (Å²) < 4.78 is 2.93. The van der Waals surface area contributed by atoms with Crippen molar-refractivity contribution in [2.45, 2.75) is 0 Å². The van der Waals surface area contributed by atoms with Gasteiger partial charge in [-0.25, -0.2) is 0 Å². The van der Waals surface area contributed by atoms with E-state index in [1.807, 2.05) is 24.3 Å². The van der Waals surface area contributed by atoms with Gasteiger partial charge >= 0.3 is 243 Å². The van der Waals surface area contributed by atoms with Crippen molar-refractivity contribution in [3.05, 3.63) is 164 Å². The summed E-state index contributed by atoms with van der Waals surface area (Å²) in [6.07, 6.45) is 0. The van der Waals surface area contributed by atoms with Gasteiger partial charge in [0, 0.05) is 0 Å². The molecule has 0 aliphatic heterocycles. The molecule has 2 aromatic heterocycles. The summed E-state index contributed by atoms with van der Waals surface area (Å²) in [6.45, 7) is 0. The first kappa shape index (κ1) is 28.1. The third-order valence-electron chi connectivity index (χ3n) is 9.52. The van der Waals surface area contributed by atoms with E-state index in [2.05, 4.69) is 140 Å². The van der Waals surface area contributed by atoms with Crippen LogP contribution < -0.4 is 0 Å². The van der Waals surface area contributed by atoms with Gasteiger partial charge in [0.2, 0.25) is 0 Å². The third-order valence-corrected chi connectivity index (χ3v) is 12.0. The standard InChI is InChI=1S/C45H27N3Se/c1-3-11-28(12-4-1)29-19-21-31(22-20-29)44-46-43(30-13-5-2-6-14-30)47-45(48-44)32-23-24-37-39(27-32)34-16-8-7-15-33(34)36-25-26-38-35-17-9-10-18-40(35)49-42(38)41(36)37/h1-27H. The Bertz CT molecular complexity index is 2860. The average molecular weight is 689 g/mol. The molecule has 4 heteroatoms. The van der Waals surface area contributed by atoms with E-state index in [0.717, 1.165) is 22.3 Å². The van der Waals surface area contributed by atoms with E-state index in [1.54, 1.807) is 0 Å². The van der Waals surface area contributed by atoms with E-state index in [0.29, 0.717) is 17.5 Å². The van der Waals surface area contributed by atoms with Crippen LogP contribution >= 0.6 is 0 Å². The van der Waals surface area contributed by atoms with E-state index >= 15 is 0 Å². The zero-order chi connectivity index (χ0) is 32.3. The fraction of sp³-hybridized carbons (Fsp3) is 0. The minimum Gasteiger partial charge on any atom is -0.0617 e. The van der Waals surface area contributed by atoms with E-state index < -0.39 is 0 Å². The predicted molar refractivity (Wildman–Crippen MR) is 206 cm³/mol. The van der Waals surface area contributed by atoms with Crippen molar-refractivity contribution in [1.82, 2.24) is 15.0 Å². The summed E-state index contributed by atoms with van der Waals surface area (Å²) in [5.41, 5.74) is 5.23. The molecule has 49 heavy (non-hydrogen) atoms. The molecule has 0 N–H and O–H groups in total. The fourth-order valence-corrected chi connectivity index (χ4v) is 9.80. The van der Waals surface area contributed by atoms with Gasteiger partial charge in [-0.05, 0) is 11.1 Å². The van der Waals surface area contributed by atoms with Crippen LogP contribution in [-0.2, 0) is 0 Å². The first-order chi connectivity index (χ1) is 24.3. The van der Waals surface area contributed by atoms with Crippen LogP contribution in [-0.4, -0.2) is 29.5 Å². The second kappa shape index (κ2) is 11.3. The average Bonchev–Trinajstić information content (AvgIpc) is 3.57. The van der Waals surface area contributed by atoms with E-state index in [4.69, 9.17) is 15.0 Å². The molecular formula is C45H27N3Se. The quantitative estimate of drug-likeness (QED) is 0.136. The summed E-state index contributed by atoms with van der Waals surface area (Å²) in [5.74, 6) is 1.98. The molecule has 228 valence electrons. The van der Waals surface area contributed by atoms with Crippen LogP contribution in [0, 0.1) is 0 Å². The molecule has 0 aliphatic carbocycles. The number of fused-ring (bicyclic) bond motifs is 10. The molecular weight excluding hydrogens is 661 g/mol. The van der Waals surface area contributed by atoms with Gasteiger partial charge in [0.25, 0.3) is 0 Å². The topological polar surface area (TPSA) is 38.7 Å². The Kier molecular flexibility index (Phi) is 6.51. The van der Waals surface area contributed by atoms with Crippen LogP contribution in [0.2, 0.25) is 0 Å². The van der Waals surface area contributed by atoms with Crippen LogP contribution in [0.4, 0.5) is 0 Å². The second-order valence-electron chi connectivity index (χ2n) is 12.4. The Morgan fingerprint density at radius 2 is 0.755 bits per heavy atom. The van der Waals surface area contributed by atoms with Gasteiger partial charge in [0.1, 0.15) is 0 Å². The Morgan fingerprint density at radius 3 is 1.47 bits per heavy atom. The number of hydrogen-bond donors (Lipinski definition) is 0. The molecule has 3 nitrogen and oxygen atoms in total. The van der Waals surface area contributed by atoms with Crippen LogP contribution in [0.15, 0.2) is 164 Å². The number of benzene rings is 8. The number of hydrogen-bond acceptors (Lipinski definition) is 3. The van der Waals surface area contributed by atoms with Gasteiger partial charge in [-0.1, -0.05) is 36.4 Å². The van der Waals surface area contributed by atoms with Crippen LogP contribution in [0.1, 0.15) is 0 Å². The summed E-state index contributed by atoms with van der Waals surface area (Å²) in [7, 11) is 0. The number of rotatable bonds is 4. The molecule has 0 fully saturated rings. The molecule has 0 saturated carbocycles. The van der Waals surface area contributed by atoms with Crippen LogP contribution in [0.25, 0.3) is 96.9 Å². The Morgan fingerprint density at radius 1 is 0.306 bits per heavy atom. The molecule has 10 rings (SSSR count). The monoisotopic (exact) mass is 689 g/mol. The predicted octanol–water partition coefficient (Wildman–Crippen LogP) is 11.4. The van der Waals surface area contributed by atoms with Crippen molar-refractivity contribution in [2.75, 3.05) is 0 Å². The van der Waals surface area contributed by atoms with E-state index in [-0.39, 0.29) is 14.5 Å². The SMILES string of the molecule is c1ccc(-c2ccc(-c3nc(-c4ccccc4)nc(-c4ccc5c(c4)c4ccccc4c4ccc6c7ccccc7[se]c6c45)n3)cc2)cc1. The normalized spacial score (nSPS) is 11.7. The first-order valence-corrected chi connectivity index (χ1v) is 18.2. The van der Waals surface area contributed by atoms with E-state index in [1.165, 1.54) is 57.2 Å².